The van der Waals surface area contributed by atoms with Gasteiger partial charge in [-0.15, -0.1) is 0 Å². The van der Waals surface area contributed by atoms with E-state index in [1.165, 1.54) is 25.7 Å². The molecule has 0 unspecified atom stereocenters. The second kappa shape index (κ2) is 6.17. The predicted octanol–water partition coefficient (Wildman–Crippen LogP) is 2.49. The first-order valence-electron chi connectivity index (χ1n) is 7.66. The zero-order valence-electron chi connectivity index (χ0n) is 12.0. The summed E-state index contributed by atoms with van der Waals surface area (Å²) < 4.78 is 5.44. The van der Waals surface area contributed by atoms with Crippen LogP contribution in [0.25, 0.3) is 0 Å². The standard InChI is InChI=1S/C17H20N2O2/c18-9-14-3-1-2-4-16(14)21-11-17(20)19-10-15(12-5-6-12)13-7-8-13/h1-4,12-13,15H,5-8,10-11H2,(H,19,20). The van der Waals surface area contributed by atoms with Crippen molar-refractivity contribution in [3.05, 3.63) is 29.8 Å². The monoisotopic (exact) mass is 284 g/mol. The number of rotatable bonds is 7. The Morgan fingerprint density at radius 2 is 1.95 bits per heavy atom. The van der Waals surface area contributed by atoms with E-state index in [2.05, 4.69) is 11.4 Å². The Bertz CT molecular complexity index is 544. The molecule has 4 heteroatoms. The van der Waals surface area contributed by atoms with Gasteiger partial charge >= 0.3 is 0 Å². The lowest BCUT2D eigenvalue weighted by Crippen LogP contribution is -2.34. The lowest BCUT2D eigenvalue weighted by Gasteiger charge is -2.16. The number of nitriles is 1. The highest BCUT2D eigenvalue weighted by Crippen LogP contribution is 2.48. The van der Waals surface area contributed by atoms with Gasteiger partial charge in [-0.3, -0.25) is 4.79 Å². The third kappa shape index (κ3) is 3.75. The SMILES string of the molecule is N#Cc1ccccc1OCC(=O)NCC(C1CC1)C1CC1. The second-order valence-corrected chi connectivity index (χ2v) is 6.04. The summed E-state index contributed by atoms with van der Waals surface area (Å²) >= 11 is 0. The molecule has 0 spiro atoms. The number of hydrogen-bond donors (Lipinski definition) is 1. The van der Waals surface area contributed by atoms with Gasteiger partial charge in [-0.05, 0) is 55.6 Å². The maximum Gasteiger partial charge on any atom is 0.257 e. The van der Waals surface area contributed by atoms with Gasteiger partial charge in [0.05, 0.1) is 5.56 Å². The fourth-order valence-electron chi connectivity index (χ4n) is 2.88. The second-order valence-electron chi connectivity index (χ2n) is 6.04. The Kier molecular flexibility index (Phi) is 4.10. The predicted molar refractivity (Wildman–Crippen MR) is 78.6 cm³/mol. The van der Waals surface area contributed by atoms with E-state index in [-0.39, 0.29) is 12.5 Å². The van der Waals surface area contributed by atoms with Crippen LogP contribution in [0, 0.1) is 29.1 Å². The molecule has 0 atom stereocenters. The fourth-order valence-corrected chi connectivity index (χ4v) is 2.88. The molecule has 2 saturated carbocycles. The molecule has 0 radical (unpaired) electrons. The number of carbonyl (C=O) groups excluding carboxylic acids is 1. The first-order valence-corrected chi connectivity index (χ1v) is 7.66. The summed E-state index contributed by atoms with van der Waals surface area (Å²) in [5, 5.41) is 12.0. The van der Waals surface area contributed by atoms with Gasteiger partial charge in [-0.2, -0.15) is 5.26 Å². The molecule has 1 N–H and O–H groups in total. The largest absolute Gasteiger partial charge is 0.482 e. The smallest absolute Gasteiger partial charge is 0.257 e. The zero-order valence-corrected chi connectivity index (χ0v) is 12.0. The molecule has 0 saturated heterocycles. The molecular weight excluding hydrogens is 264 g/mol. The molecule has 1 aromatic carbocycles. The number of hydrogen-bond acceptors (Lipinski definition) is 3. The van der Waals surface area contributed by atoms with Crippen LogP contribution in [0.3, 0.4) is 0 Å². The number of benzene rings is 1. The number of nitrogens with one attached hydrogen (secondary N) is 1. The van der Waals surface area contributed by atoms with Crippen LogP contribution in [-0.4, -0.2) is 19.1 Å². The van der Waals surface area contributed by atoms with Crippen molar-refractivity contribution in [2.24, 2.45) is 17.8 Å². The van der Waals surface area contributed by atoms with Crippen LogP contribution in [0.5, 0.6) is 5.75 Å². The molecule has 110 valence electrons. The average Bonchev–Trinajstić information content (AvgIpc) is 3.38. The summed E-state index contributed by atoms with van der Waals surface area (Å²) in [7, 11) is 0. The Balaban J connectivity index is 1.45. The number of amides is 1. The number of para-hydroxylation sites is 1. The highest BCUT2D eigenvalue weighted by molar-refractivity contribution is 5.77. The average molecular weight is 284 g/mol. The lowest BCUT2D eigenvalue weighted by atomic mass is 9.98. The summed E-state index contributed by atoms with van der Waals surface area (Å²) in [5.74, 6) is 2.70. The molecule has 0 heterocycles. The summed E-state index contributed by atoms with van der Waals surface area (Å²) in [6, 6.07) is 9.03. The van der Waals surface area contributed by atoms with Gasteiger partial charge in [0.25, 0.3) is 5.91 Å². The van der Waals surface area contributed by atoms with E-state index in [0.29, 0.717) is 17.2 Å². The molecule has 0 aromatic heterocycles. The zero-order chi connectivity index (χ0) is 14.7. The summed E-state index contributed by atoms with van der Waals surface area (Å²) in [6.45, 7) is 0.748. The van der Waals surface area contributed by atoms with Gasteiger partial charge in [-0.25, -0.2) is 0 Å². The normalized spacial score (nSPS) is 17.3. The number of nitrogens with zero attached hydrogens (tertiary/aromatic N) is 1. The lowest BCUT2D eigenvalue weighted by molar-refractivity contribution is -0.123. The van der Waals surface area contributed by atoms with E-state index in [1.54, 1.807) is 24.3 Å². The quantitative estimate of drug-likeness (QED) is 0.836. The number of carbonyl (C=O) groups is 1. The molecule has 0 bridgehead atoms. The Labute approximate surface area is 125 Å². The van der Waals surface area contributed by atoms with Crippen molar-refractivity contribution in [1.82, 2.24) is 5.32 Å². The molecule has 4 nitrogen and oxygen atoms in total. The molecule has 0 aliphatic heterocycles. The van der Waals surface area contributed by atoms with Crippen molar-refractivity contribution in [2.75, 3.05) is 13.2 Å². The third-order valence-electron chi connectivity index (χ3n) is 4.36. The molecule has 3 rings (SSSR count). The van der Waals surface area contributed by atoms with Gasteiger partial charge in [0.1, 0.15) is 11.8 Å². The van der Waals surface area contributed by atoms with Crippen LogP contribution >= 0.6 is 0 Å². The summed E-state index contributed by atoms with van der Waals surface area (Å²) in [6.07, 6.45) is 5.29. The first-order chi connectivity index (χ1) is 10.3. The molecule has 21 heavy (non-hydrogen) atoms. The summed E-state index contributed by atoms with van der Waals surface area (Å²) in [4.78, 5) is 11.9. The van der Waals surface area contributed by atoms with E-state index < -0.39 is 0 Å². The van der Waals surface area contributed by atoms with Gasteiger partial charge in [0.2, 0.25) is 0 Å². The molecule has 2 aliphatic rings. The van der Waals surface area contributed by atoms with Crippen LogP contribution in [0.2, 0.25) is 0 Å². The molecule has 2 aliphatic carbocycles. The Morgan fingerprint density at radius 1 is 1.29 bits per heavy atom. The van der Waals surface area contributed by atoms with E-state index >= 15 is 0 Å². The molecule has 2 fully saturated rings. The van der Waals surface area contributed by atoms with Crippen molar-refractivity contribution in [3.63, 3.8) is 0 Å². The van der Waals surface area contributed by atoms with Gasteiger partial charge in [-0.1, -0.05) is 12.1 Å². The van der Waals surface area contributed by atoms with Crippen LogP contribution in [0.15, 0.2) is 24.3 Å². The first kappa shape index (κ1) is 13.9. The van der Waals surface area contributed by atoms with Crippen LogP contribution in [-0.2, 0) is 4.79 Å². The molecule has 1 aromatic rings. The van der Waals surface area contributed by atoms with Crippen LogP contribution < -0.4 is 10.1 Å². The maximum absolute atomic E-state index is 11.9. The third-order valence-corrected chi connectivity index (χ3v) is 4.36. The Hall–Kier alpha value is -2.02. The minimum absolute atomic E-state index is 0.0270. The van der Waals surface area contributed by atoms with E-state index in [0.717, 1.165) is 18.4 Å². The van der Waals surface area contributed by atoms with Gasteiger partial charge in [0, 0.05) is 6.54 Å². The minimum atomic E-state index is -0.103. The topological polar surface area (TPSA) is 62.1 Å². The maximum atomic E-state index is 11.9. The highest BCUT2D eigenvalue weighted by atomic mass is 16.5. The van der Waals surface area contributed by atoms with Crippen molar-refractivity contribution < 1.29 is 9.53 Å². The van der Waals surface area contributed by atoms with Crippen LogP contribution in [0.4, 0.5) is 0 Å². The molecule has 1 amide bonds. The highest BCUT2D eigenvalue weighted by Gasteiger charge is 2.41. The minimum Gasteiger partial charge on any atom is -0.482 e. The number of ether oxygens (including phenoxy) is 1. The van der Waals surface area contributed by atoms with Crippen LogP contribution in [0.1, 0.15) is 31.2 Å². The molecular formula is C17H20N2O2. The van der Waals surface area contributed by atoms with E-state index in [4.69, 9.17) is 10.00 Å². The van der Waals surface area contributed by atoms with E-state index in [9.17, 15) is 4.79 Å². The summed E-state index contributed by atoms with van der Waals surface area (Å²) in [5.41, 5.74) is 0.458. The van der Waals surface area contributed by atoms with Gasteiger partial charge < -0.3 is 10.1 Å². The van der Waals surface area contributed by atoms with Crippen molar-refractivity contribution in [1.29, 1.82) is 5.26 Å². The van der Waals surface area contributed by atoms with Crippen molar-refractivity contribution in [3.8, 4) is 11.8 Å². The fraction of sp³-hybridized carbons (Fsp3) is 0.529. The van der Waals surface area contributed by atoms with Gasteiger partial charge in [0.15, 0.2) is 6.61 Å². The van der Waals surface area contributed by atoms with Crippen molar-refractivity contribution in [2.45, 2.75) is 25.7 Å². The van der Waals surface area contributed by atoms with Crippen molar-refractivity contribution >= 4 is 5.91 Å². The van der Waals surface area contributed by atoms with E-state index in [1.807, 2.05) is 0 Å². The Morgan fingerprint density at radius 3 is 2.57 bits per heavy atom.